The smallest absolute Gasteiger partial charge is 0.329 e. The van der Waals surface area contributed by atoms with Gasteiger partial charge in [-0.3, -0.25) is 9.59 Å². The van der Waals surface area contributed by atoms with Crippen LogP contribution in [0.15, 0.2) is 48.5 Å². The van der Waals surface area contributed by atoms with Crippen molar-refractivity contribution in [2.45, 2.75) is 46.7 Å². The van der Waals surface area contributed by atoms with E-state index in [4.69, 9.17) is 16.3 Å². The number of hydrogen-bond acceptors (Lipinski definition) is 5. The van der Waals surface area contributed by atoms with E-state index in [-0.39, 0.29) is 16.5 Å². The molecule has 2 amide bonds. The summed E-state index contributed by atoms with van der Waals surface area (Å²) in [6.07, 6.45) is 0. The summed E-state index contributed by atoms with van der Waals surface area (Å²) >= 11 is 6.06. The quantitative estimate of drug-likeness (QED) is 0.495. The molecule has 1 atom stereocenters. The minimum Gasteiger partial charge on any atom is -0.454 e. The summed E-state index contributed by atoms with van der Waals surface area (Å²) in [5.41, 5.74) is 1.93. The zero-order valence-electron chi connectivity index (χ0n) is 19.7. The highest BCUT2D eigenvalue weighted by molar-refractivity contribution is 6.33. The van der Waals surface area contributed by atoms with Gasteiger partial charge in [0.25, 0.3) is 11.8 Å². The highest BCUT2D eigenvalue weighted by Gasteiger charge is 2.27. The lowest BCUT2D eigenvalue weighted by atomic mass is 10.0. The Hall–Kier alpha value is -3.06. The average molecular weight is 474 g/mol. The molecule has 2 N–H and O–H groups in total. The van der Waals surface area contributed by atoms with Crippen molar-refractivity contribution in [3.8, 4) is 0 Å². The molecule has 0 aliphatic rings. The molecule has 8 heteroatoms. The second-order valence-corrected chi connectivity index (χ2v) is 8.66. The fourth-order valence-electron chi connectivity index (χ4n) is 3.37. The van der Waals surface area contributed by atoms with Crippen molar-refractivity contribution in [3.63, 3.8) is 0 Å². The van der Waals surface area contributed by atoms with E-state index in [1.54, 1.807) is 50.2 Å². The Balaban J connectivity index is 1.92. The van der Waals surface area contributed by atoms with E-state index in [2.05, 4.69) is 36.3 Å². The Morgan fingerprint density at radius 3 is 2.18 bits per heavy atom. The molecule has 0 aromatic heterocycles. The maximum Gasteiger partial charge on any atom is 0.329 e. The Kier molecular flexibility index (Phi) is 9.73. The molecule has 2 aromatic carbocycles. The number of amides is 2. The zero-order chi connectivity index (χ0) is 24.5. The molecule has 2 rings (SSSR count). The zero-order valence-corrected chi connectivity index (χ0v) is 20.5. The molecule has 7 nitrogen and oxygen atoms in total. The van der Waals surface area contributed by atoms with Gasteiger partial charge >= 0.3 is 5.97 Å². The van der Waals surface area contributed by atoms with E-state index in [1.165, 1.54) is 0 Å². The van der Waals surface area contributed by atoms with Crippen LogP contribution in [0.25, 0.3) is 0 Å². The normalized spacial score (nSPS) is 11.8. The van der Waals surface area contributed by atoms with E-state index in [1.807, 2.05) is 12.1 Å². The second-order valence-electron chi connectivity index (χ2n) is 8.26. The molecule has 0 bridgehead atoms. The molecule has 0 heterocycles. The maximum atomic E-state index is 12.6. The summed E-state index contributed by atoms with van der Waals surface area (Å²) in [5.74, 6) is -1.89. The lowest BCUT2D eigenvalue weighted by molar-refractivity contribution is -0.150. The van der Waals surface area contributed by atoms with Crippen LogP contribution in [0.1, 0.15) is 45.0 Å². The number of carbonyl (C=O) groups excluding carboxylic acids is 3. The van der Waals surface area contributed by atoms with Gasteiger partial charge in [0.15, 0.2) is 6.61 Å². The number of nitrogens with zero attached hydrogens (tertiary/aromatic N) is 1. The van der Waals surface area contributed by atoms with Crippen LogP contribution >= 0.6 is 11.6 Å². The van der Waals surface area contributed by atoms with Crippen molar-refractivity contribution in [3.05, 3.63) is 59.1 Å². The molecule has 0 saturated heterocycles. The summed E-state index contributed by atoms with van der Waals surface area (Å²) in [4.78, 5) is 39.6. The molecule has 0 aliphatic heterocycles. The van der Waals surface area contributed by atoms with Crippen LogP contribution in [0, 0.1) is 5.92 Å². The van der Waals surface area contributed by atoms with Crippen LogP contribution in [0.4, 0.5) is 11.4 Å². The van der Waals surface area contributed by atoms with Crippen molar-refractivity contribution in [1.29, 1.82) is 0 Å². The second kappa shape index (κ2) is 12.3. The summed E-state index contributed by atoms with van der Waals surface area (Å²) in [6, 6.07) is 13.5. The van der Waals surface area contributed by atoms with Crippen LogP contribution in [-0.2, 0) is 14.3 Å². The van der Waals surface area contributed by atoms with Gasteiger partial charge in [-0.25, -0.2) is 4.79 Å². The van der Waals surface area contributed by atoms with Crippen molar-refractivity contribution < 1.29 is 19.1 Å². The van der Waals surface area contributed by atoms with Gasteiger partial charge in [0, 0.05) is 24.0 Å². The Labute approximate surface area is 200 Å². The van der Waals surface area contributed by atoms with Gasteiger partial charge in [0.2, 0.25) is 0 Å². The fourth-order valence-corrected chi connectivity index (χ4v) is 3.59. The molecule has 2 aromatic rings. The van der Waals surface area contributed by atoms with Crippen molar-refractivity contribution in [2.75, 3.05) is 23.4 Å². The van der Waals surface area contributed by atoms with Crippen LogP contribution < -0.4 is 15.5 Å². The van der Waals surface area contributed by atoms with Gasteiger partial charge in [-0.1, -0.05) is 37.6 Å². The predicted octanol–water partition coefficient (Wildman–Crippen LogP) is 4.51. The number of hydrogen-bond donors (Lipinski definition) is 2. The number of ether oxygens (including phenoxy) is 1. The van der Waals surface area contributed by atoms with E-state index < -0.39 is 30.4 Å². The lowest BCUT2D eigenvalue weighted by Gasteiger charge is -2.27. The number of halogens is 1. The third-order valence-corrected chi connectivity index (χ3v) is 5.45. The van der Waals surface area contributed by atoms with Gasteiger partial charge in [-0.15, -0.1) is 0 Å². The SMILES string of the molecule is CCN(c1ccc(NC(=O)COC(=O)[C@@H](NC(=O)c2ccccc2Cl)C(C)C)cc1)C(C)C. The van der Waals surface area contributed by atoms with Crippen molar-refractivity contribution in [1.82, 2.24) is 5.32 Å². The largest absolute Gasteiger partial charge is 0.454 e. The molecule has 0 saturated carbocycles. The average Bonchev–Trinajstić information content (AvgIpc) is 2.77. The Bertz CT molecular complexity index is 960. The standard InChI is InChI=1S/C25H32ClN3O4/c1-6-29(17(4)5)19-13-11-18(12-14-19)27-22(30)15-33-25(32)23(16(2)3)28-24(31)20-9-7-8-10-21(20)26/h7-14,16-17,23H,6,15H2,1-5H3,(H,27,30)(H,28,31)/t23-/m0/s1. The number of carbonyl (C=O) groups is 3. The minimum absolute atomic E-state index is 0.248. The first kappa shape index (κ1) is 26.2. The maximum absolute atomic E-state index is 12.6. The molecule has 33 heavy (non-hydrogen) atoms. The molecule has 0 spiro atoms. The fraction of sp³-hybridized carbons (Fsp3) is 0.400. The van der Waals surface area contributed by atoms with Crippen LogP contribution in [0.3, 0.4) is 0 Å². The third-order valence-electron chi connectivity index (χ3n) is 5.12. The van der Waals surface area contributed by atoms with Crippen molar-refractivity contribution >= 4 is 40.8 Å². The summed E-state index contributed by atoms with van der Waals surface area (Å²) < 4.78 is 5.17. The molecule has 0 fully saturated rings. The summed E-state index contributed by atoms with van der Waals surface area (Å²) in [7, 11) is 0. The number of rotatable bonds is 10. The Morgan fingerprint density at radius 2 is 1.64 bits per heavy atom. The number of anilines is 2. The van der Waals surface area contributed by atoms with Crippen LogP contribution in [0.5, 0.6) is 0 Å². The van der Waals surface area contributed by atoms with E-state index in [9.17, 15) is 14.4 Å². The van der Waals surface area contributed by atoms with Crippen LogP contribution in [-0.4, -0.2) is 43.0 Å². The molecule has 0 radical (unpaired) electrons. The van der Waals surface area contributed by atoms with Gasteiger partial charge in [0.1, 0.15) is 6.04 Å². The third kappa shape index (κ3) is 7.49. The number of esters is 1. The first-order valence-corrected chi connectivity index (χ1v) is 11.4. The summed E-state index contributed by atoms with van der Waals surface area (Å²) in [6.45, 7) is 10.3. The first-order chi connectivity index (χ1) is 15.6. The minimum atomic E-state index is -0.920. The van der Waals surface area contributed by atoms with Gasteiger partial charge in [0.05, 0.1) is 10.6 Å². The molecular weight excluding hydrogens is 442 g/mol. The molecular formula is C25H32ClN3O4. The predicted molar refractivity (Wildman–Crippen MR) is 132 cm³/mol. The van der Waals surface area contributed by atoms with E-state index in [0.717, 1.165) is 12.2 Å². The first-order valence-electron chi connectivity index (χ1n) is 11.0. The topological polar surface area (TPSA) is 87.7 Å². The summed E-state index contributed by atoms with van der Waals surface area (Å²) in [5, 5.41) is 5.64. The van der Waals surface area contributed by atoms with Gasteiger partial charge in [-0.05, 0) is 63.1 Å². The monoisotopic (exact) mass is 473 g/mol. The van der Waals surface area contributed by atoms with Gasteiger partial charge in [-0.2, -0.15) is 0 Å². The van der Waals surface area contributed by atoms with E-state index in [0.29, 0.717) is 11.7 Å². The van der Waals surface area contributed by atoms with Gasteiger partial charge < -0.3 is 20.3 Å². The van der Waals surface area contributed by atoms with E-state index >= 15 is 0 Å². The highest BCUT2D eigenvalue weighted by Crippen LogP contribution is 2.20. The number of nitrogens with one attached hydrogen (secondary N) is 2. The Morgan fingerprint density at radius 1 is 1.00 bits per heavy atom. The molecule has 178 valence electrons. The van der Waals surface area contributed by atoms with Crippen molar-refractivity contribution in [2.24, 2.45) is 5.92 Å². The molecule has 0 aliphatic carbocycles. The van der Waals surface area contributed by atoms with Crippen LogP contribution in [0.2, 0.25) is 5.02 Å². The highest BCUT2D eigenvalue weighted by atomic mass is 35.5. The molecule has 0 unspecified atom stereocenters. The lowest BCUT2D eigenvalue weighted by Crippen LogP contribution is -2.46. The number of benzene rings is 2.